The molecule has 3 aromatic rings. The van der Waals surface area contributed by atoms with Gasteiger partial charge in [-0.1, -0.05) is 35.5 Å². The van der Waals surface area contributed by atoms with Crippen molar-refractivity contribution in [3.63, 3.8) is 0 Å². The van der Waals surface area contributed by atoms with Gasteiger partial charge in [0.1, 0.15) is 11.8 Å². The molecule has 174 valence electrons. The normalized spacial score (nSPS) is 15.7. The van der Waals surface area contributed by atoms with Crippen molar-refractivity contribution in [2.75, 3.05) is 14.2 Å². The van der Waals surface area contributed by atoms with Gasteiger partial charge in [0.15, 0.2) is 5.75 Å². The molecule has 0 N–H and O–H groups in total. The number of rotatable bonds is 7. The molecule has 2 aromatic carbocycles. The van der Waals surface area contributed by atoms with Crippen molar-refractivity contribution in [1.82, 2.24) is 20.1 Å². The van der Waals surface area contributed by atoms with Crippen LogP contribution in [0.4, 0.5) is 0 Å². The number of benzene rings is 2. The average molecular weight is 451 g/mol. The van der Waals surface area contributed by atoms with Gasteiger partial charge >= 0.3 is 5.97 Å². The van der Waals surface area contributed by atoms with E-state index in [1.54, 1.807) is 11.8 Å². The lowest BCUT2D eigenvalue weighted by Crippen LogP contribution is -2.43. The predicted octanol–water partition coefficient (Wildman–Crippen LogP) is 4.27. The van der Waals surface area contributed by atoms with Crippen LogP contribution in [0.15, 0.2) is 48.7 Å². The van der Waals surface area contributed by atoms with Crippen LogP contribution < -0.4 is 9.57 Å². The topological polar surface area (TPSA) is 78.7 Å². The Kier molecular flexibility index (Phi) is 6.37. The molecule has 8 nitrogen and oxygen atoms in total. The van der Waals surface area contributed by atoms with Crippen LogP contribution in [0.1, 0.15) is 56.5 Å². The van der Waals surface area contributed by atoms with Gasteiger partial charge in [-0.3, -0.25) is 4.79 Å². The molecular weight excluding hydrogens is 420 g/mol. The number of ether oxygens (including phenoxy) is 2. The Balaban J connectivity index is 1.67. The first-order chi connectivity index (χ1) is 15.8. The second kappa shape index (κ2) is 9.23. The largest absolute Gasteiger partial charge is 0.496 e. The molecule has 8 heteroatoms. The van der Waals surface area contributed by atoms with Crippen LogP contribution in [0, 0.1) is 0 Å². The third kappa shape index (κ3) is 4.71. The standard InChI is InChI=1S/C25H30N4O4/c1-25(2,3)29-24(17-10-7-6-8-11-17)23-20(31-4)14-19(15-21(23)33-29)28-16-18(26-27-28)12-9-13-22(30)32-5/h6-8,10-11,14-16,24H,9,12-13H2,1-5H3. The number of hydrogen-bond donors (Lipinski definition) is 0. The number of aryl methyl sites for hydroxylation is 1. The minimum atomic E-state index is -0.245. The molecule has 0 saturated heterocycles. The monoisotopic (exact) mass is 450 g/mol. The summed E-state index contributed by atoms with van der Waals surface area (Å²) >= 11 is 0. The molecule has 0 radical (unpaired) electrons. The van der Waals surface area contributed by atoms with E-state index in [0.717, 1.165) is 34.0 Å². The Morgan fingerprint density at radius 3 is 2.58 bits per heavy atom. The van der Waals surface area contributed by atoms with Gasteiger partial charge in [-0.2, -0.15) is 0 Å². The summed E-state index contributed by atoms with van der Waals surface area (Å²) < 4.78 is 12.2. The molecule has 0 saturated carbocycles. The van der Waals surface area contributed by atoms with Crippen LogP contribution in [-0.4, -0.2) is 45.8 Å². The van der Waals surface area contributed by atoms with E-state index in [1.807, 2.05) is 41.6 Å². The summed E-state index contributed by atoms with van der Waals surface area (Å²) in [6, 6.07) is 14.1. The molecule has 1 atom stereocenters. The maximum atomic E-state index is 11.3. The first-order valence-corrected chi connectivity index (χ1v) is 11.0. The van der Waals surface area contributed by atoms with Crippen molar-refractivity contribution in [3.8, 4) is 17.2 Å². The lowest BCUT2D eigenvalue weighted by Gasteiger charge is -2.34. The van der Waals surface area contributed by atoms with Crippen molar-refractivity contribution >= 4 is 5.97 Å². The summed E-state index contributed by atoms with van der Waals surface area (Å²) in [4.78, 5) is 17.7. The first kappa shape index (κ1) is 22.8. The Morgan fingerprint density at radius 1 is 1.15 bits per heavy atom. The maximum absolute atomic E-state index is 11.3. The highest BCUT2D eigenvalue weighted by molar-refractivity contribution is 5.69. The maximum Gasteiger partial charge on any atom is 0.305 e. The van der Waals surface area contributed by atoms with Gasteiger partial charge in [0.2, 0.25) is 0 Å². The second-order valence-electron chi connectivity index (χ2n) is 9.05. The first-order valence-electron chi connectivity index (χ1n) is 11.0. The highest BCUT2D eigenvalue weighted by atomic mass is 16.7. The van der Waals surface area contributed by atoms with E-state index in [9.17, 15) is 4.79 Å². The van der Waals surface area contributed by atoms with Crippen molar-refractivity contribution in [2.45, 2.75) is 51.6 Å². The summed E-state index contributed by atoms with van der Waals surface area (Å²) in [6.07, 6.45) is 3.51. The summed E-state index contributed by atoms with van der Waals surface area (Å²) in [6.45, 7) is 6.38. The zero-order chi connectivity index (χ0) is 23.6. The fourth-order valence-electron chi connectivity index (χ4n) is 4.03. The highest BCUT2D eigenvalue weighted by Crippen LogP contribution is 2.49. The summed E-state index contributed by atoms with van der Waals surface area (Å²) in [7, 11) is 3.06. The zero-order valence-corrected chi connectivity index (χ0v) is 19.7. The van der Waals surface area contributed by atoms with Crippen molar-refractivity contribution in [3.05, 3.63) is 65.5 Å². The predicted molar refractivity (Wildman–Crippen MR) is 123 cm³/mol. The van der Waals surface area contributed by atoms with Crippen molar-refractivity contribution in [2.24, 2.45) is 0 Å². The number of carbonyl (C=O) groups is 1. The van der Waals surface area contributed by atoms with Gasteiger partial charge in [0, 0.05) is 24.1 Å². The number of esters is 1. The van der Waals surface area contributed by atoms with E-state index in [0.29, 0.717) is 19.3 Å². The number of fused-ring (bicyclic) bond motifs is 1. The molecular formula is C25H30N4O4. The minimum absolute atomic E-state index is 0.102. The van der Waals surface area contributed by atoms with Crippen LogP contribution in [0.3, 0.4) is 0 Å². The molecule has 1 unspecified atom stereocenters. The minimum Gasteiger partial charge on any atom is -0.496 e. The molecule has 0 fully saturated rings. The molecule has 33 heavy (non-hydrogen) atoms. The van der Waals surface area contributed by atoms with Crippen molar-refractivity contribution < 1.29 is 19.1 Å². The van der Waals surface area contributed by atoms with Gasteiger partial charge in [0.05, 0.1) is 37.4 Å². The summed E-state index contributed by atoms with van der Waals surface area (Å²) in [5, 5.41) is 10.5. The zero-order valence-electron chi connectivity index (χ0n) is 19.7. The number of carbonyl (C=O) groups excluding carboxylic acids is 1. The highest BCUT2D eigenvalue weighted by Gasteiger charge is 2.42. The van der Waals surface area contributed by atoms with E-state index >= 15 is 0 Å². The number of hydroxylamine groups is 2. The van der Waals surface area contributed by atoms with E-state index in [2.05, 4.69) is 43.2 Å². The van der Waals surface area contributed by atoms with Crippen LogP contribution in [0.25, 0.3) is 5.69 Å². The Hall–Kier alpha value is -3.39. The molecule has 1 aliphatic rings. The van der Waals surface area contributed by atoms with E-state index in [4.69, 9.17) is 14.3 Å². The molecule has 1 aliphatic heterocycles. The van der Waals surface area contributed by atoms with E-state index < -0.39 is 0 Å². The third-order valence-electron chi connectivity index (χ3n) is 5.64. The molecule has 0 aliphatic carbocycles. The Morgan fingerprint density at radius 2 is 1.91 bits per heavy atom. The van der Waals surface area contributed by atoms with Crippen LogP contribution in [0.5, 0.6) is 11.5 Å². The molecule has 0 spiro atoms. The van der Waals surface area contributed by atoms with Gasteiger partial charge in [-0.15, -0.1) is 10.2 Å². The third-order valence-corrected chi connectivity index (χ3v) is 5.64. The lowest BCUT2D eigenvalue weighted by molar-refractivity contribution is -0.140. The number of methoxy groups -OCH3 is 2. The Labute approximate surface area is 194 Å². The lowest BCUT2D eigenvalue weighted by atomic mass is 9.94. The van der Waals surface area contributed by atoms with E-state index in [1.165, 1.54) is 7.11 Å². The second-order valence-corrected chi connectivity index (χ2v) is 9.05. The van der Waals surface area contributed by atoms with Gasteiger partial charge in [0.25, 0.3) is 0 Å². The van der Waals surface area contributed by atoms with E-state index in [-0.39, 0.29) is 17.6 Å². The van der Waals surface area contributed by atoms with Crippen molar-refractivity contribution in [1.29, 1.82) is 0 Å². The molecule has 0 amide bonds. The fourth-order valence-corrected chi connectivity index (χ4v) is 4.03. The average Bonchev–Trinajstić information content (AvgIpc) is 3.43. The number of aromatic nitrogens is 3. The molecule has 4 rings (SSSR count). The van der Waals surface area contributed by atoms with Crippen LogP contribution in [0.2, 0.25) is 0 Å². The number of hydrogen-bond acceptors (Lipinski definition) is 7. The molecule has 1 aromatic heterocycles. The van der Waals surface area contributed by atoms with Gasteiger partial charge in [-0.25, -0.2) is 4.68 Å². The molecule has 2 heterocycles. The quantitative estimate of drug-likeness (QED) is 0.498. The number of nitrogens with zero attached hydrogens (tertiary/aromatic N) is 4. The summed E-state index contributed by atoms with van der Waals surface area (Å²) in [5.74, 6) is 1.24. The Bertz CT molecular complexity index is 1120. The SMILES string of the molecule is COC(=O)CCCc1cn(-c2cc(OC)c3c(c2)ON(C(C)(C)C)C3c2ccccc2)nn1. The van der Waals surface area contributed by atoms with Crippen LogP contribution >= 0.6 is 0 Å². The van der Waals surface area contributed by atoms with Gasteiger partial charge < -0.3 is 14.3 Å². The smallest absolute Gasteiger partial charge is 0.305 e. The van der Waals surface area contributed by atoms with Crippen LogP contribution in [-0.2, 0) is 16.0 Å². The fraction of sp³-hybridized carbons (Fsp3) is 0.400. The summed E-state index contributed by atoms with van der Waals surface area (Å²) in [5.41, 5.74) is 3.47. The van der Waals surface area contributed by atoms with Gasteiger partial charge in [-0.05, 0) is 39.2 Å². The molecule has 0 bridgehead atoms.